The lowest BCUT2D eigenvalue weighted by atomic mass is 9.65. The Bertz CT molecular complexity index is 4650. The molecule has 0 saturated carbocycles. The zero-order chi connectivity index (χ0) is 74.4. The van der Waals surface area contributed by atoms with Gasteiger partial charge < -0.3 is 146 Å². The van der Waals surface area contributed by atoms with Crippen LogP contribution in [0.4, 0.5) is 0 Å². The van der Waals surface area contributed by atoms with E-state index in [0.29, 0.717) is 0 Å². The summed E-state index contributed by atoms with van der Waals surface area (Å²) in [5.41, 5.74) is -24.2. The summed E-state index contributed by atoms with van der Waals surface area (Å²) in [6, 6.07) is 0.712. The lowest BCUT2D eigenvalue weighted by Gasteiger charge is -2.49. The molecule has 0 bridgehead atoms. The number of phenols is 24. The van der Waals surface area contributed by atoms with Gasteiger partial charge in [0.2, 0.25) is 17.3 Å². The number of phenolic OH excluding ortho intramolecular Hbond substituents is 24. The number of Topliss-reactive ketones (excluding diaryl/α,β-unsaturated/α-hetero) is 4. The Labute approximate surface area is 550 Å². The summed E-state index contributed by atoms with van der Waals surface area (Å²) in [6.07, 6.45) is -8.20. The molecular weight excluding hydrogens is 1350 g/mol. The minimum absolute atomic E-state index is 0.0130. The number of ether oxygens (including phenoxy) is 5. The highest BCUT2D eigenvalue weighted by Crippen LogP contribution is 2.51. The highest BCUT2D eigenvalue weighted by Gasteiger charge is 2.78. The minimum Gasteiger partial charge on any atom is -0.504 e. The van der Waals surface area contributed by atoms with E-state index in [2.05, 4.69) is 0 Å². The first-order chi connectivity index (χ1) is 46.7. The zero-order valence-electron chi connectivity index (χ0n) is 49.0. The number of ketones is 4. The molecule has 0 heterocycles. The maximum absolute atomic E-state index is 17.2. The Morgan fingerprint density at radius 3 is 0.800 bits per heavy atom. The SMILES string of the molecule is O=C(OC[C@@H](OC(=O)c1cc(O)c(O)c(O)c1)[C@@H](OC(=O)c1cc(O)c(O)c(O)c1)[C@@](OC(=O)c1cc(O)c(O)c(O)c1)(C(=O)c1cc(O)c(O)c(O)c1)[C@@](OC(=O)c1cc(O)c(O)c(O)c1)(C(=O)C(=O)c1cc(O)c(O)c(O)c1)C(=O)c1cc(O)c(O)c(O)c1)c1cc(O)c(O)c(O)c1. The summed E-state index contributed by atoms with van der Waals surface area (Å²) in [5.74, 6) is -62.7. The number of benzene rings is 8. The second kappa shape index (κ2) is 26.4. The van der Waals surface area contributed by atoms with Crippen LogP contribution >= 0.6 is 0 Å². The summed E-state index contributed by atoms with van der Waals surface area (Å²) in [7, 11) is 0. The third-order valence-corrected chi connectivity index (χ3v) is 14.3. The molecule has 8 rings (SSSR count). The highest BCUT2D eigenvalue weighted by atomic mass is 16.7. The Kier molecular flexibility index (Phi) is 18.7. The molecule has 8 aromatic carbocycles. The Morgan fingerprint density at radius 2 is 0.500 bits per heavy atom. The molecule has 0 aliphatic carbocycles. The number of esters is 5. The first-order valence-corrected chi connectivity index (χ1v) is 26.9. The van der Waals surface area contributed by atoms with Gasteiger partial charge in [-0.05, 0) is 97.1 Å². The first-order valence-electron chi connectivity index (χ1n) is 26.9. The van der Waals surface area contributed by atoms with E-state index in [1.54, 1.807) is 0 Å². The van der Waals surface area contributed by atoms with Crippen LogP contribution in [0.25, 0.3) is 0 Å². The fourth-order valence-corrected chi connectivity index (χ4v) is 9.44. The largest absolute Gasteiger partial charge is 0.504 e. The molecule has 38 nitrogen and oxygen atoms in total. The maximum atomic E-state index is 17.2. The summed E-state index contributed by atoms with van der Waals surface area (Å²) >= 11 is 0. The van der Waals surface area contributed by atoms with Gasteiger partial charge >= 0.3 is 29.8 Å². The molecule has 0 spiro atoms. The monoisotopic (exact) mass is 1400 g/mol. The van der Waals surface area contributed by atoms with Crippen LogP contribution in [0.3, 0.4) is 0 Å². The minimum atomic E-state index is -5.79. The number of rotatable bonds is 21. The van der Waals surface area contributed by atoms with E-state index < -0.39 is 265 Å². The predicted molar refractivity (Wildman–Crippen MR) is 314 cm³/mol. The van der Waals surface area contributed by atoms with E-state index in [9.17, 15) is 132 Å². The number of carbonyl (C=O) groups is 9. The van der Waals surface area contributed by atoms with E-state index in [4.69, 9.17) is 23.7 Å². The molecule has 0 radical (unpaired) electrons. The summed E-state index contributed by atoms with van der Waals surface area (Å²) in [4.78, 5) is 143. The Morgan fingerprint density at radius 1 is 0.270 bits per heavy atom. The van der Waals surface area contributed by atoms with Gasteiger partial charge in [0.05, 0.1) is 27.8 Å². The quantitative estimate of drug-likeness (QED) is 0.0123. The maximum Gasteiger partial charge on any atom is 0.340 e. The topological polar surface area (TPSA) is 685 Å². The molecular formula is C62H44O38. The van der Waals surface area contributed by atoms with Gasteiger partial charge in [-0.15, -0.1) is 0 Å². The van der Waals surface area contributed by atoms with Gasteiger partial charge in [0.25, 0.3) is 17.0 Å². The van der Waals surface area contributed by atoms with Crippen molar-refractivity contribution in [2.75, 3.05) is 6.61 Å². The highest BCUT2D eigenvalue weighted by molar-refractivity contribution is 6.52. The normalized spacial score (nSPS) is 12.8. The molecule has 8 aromatic rings. The Balaban J connectivity index is 1.73. The zero-order valence-corrected chi connectivity index (χ0v) is 49.0. The molecule has 0 fully saturated rings. The van der Waals surface area contributed by atoms with Crippen LogP contribution < -0.4 is 0 Å². The molecule has 0 aliphatic heterocycles. The summed E-state index contributed by atoms with van der Waals surface area (Å²) in [6.45, 7) is -2.33. The third-order valence-electron chi connectivity index (χ3n) is 14.3. The summed E-state index contributed by atoms with van der Waals surface area (Å²) < 4.78 is 28.3. The van der Waals surface area contributed by atoms with E-state index in [-0.39, 0.29) is 97.1 Å². The molecule has 38 heteroatoms. The fourth-order valence-electron chi connectivity index (χ4n) is 9.44. The summed E-state index contributed by atoms with van der Waals surface area (Å²) in [5, 5.41) is 257. The predicted octanol–water partition coefficient (Wildman–Crippen LogP) is 2.64. The average Bonchev–Trinajstić information content (AvgIpc) is 0.691. The van der Waals surface area contributed by atoms with Crippen LogP contribution in [-0.2, 0) is 28.5 Å². The van der Waals surface area contributed by atoms with Crippen LogP contribution in [-0.4, -0.2) is 206 Å². The van der Waals surface area contributed by atoms with Gasteiger partial charge in [-0.3, -0.25) is 19.2 Å². The Hall–Kier alpha value is -15.0. The molecule has 0 aliphatic rings. The third kappa shape index (κ3) is 12.8. The van der Waals surface area contributed by atoms with Crippen LogP contribution in [0.5, 0.6) is 138 Å². The lowest BCUT2D eigenvalue weighted by Crippen LogP contribution is -2.79. The van der Waals surface area contributed by atoms with E-state index in [0.717, 1.165) is 0 Å². The van der Waals surface area contributed by atoms with E-state index in [1.165, 1.54) is 0 Å². The van der Waals surface area contributed by atoms with Crippen LogP contribution in [0, 0.1) is 0 Å². The van der Waals surface area contributed by atoms with E-state index >= 15 is 33.6 Å². The van der Waals surface area contributed by atoms with Gasteiger partial charge in [0, 0.05) is 16.7 Å². The van der Waals surface area contributed by atoms with Gasteiger partial charge in [0.1, 0.15) is 6.61 Å². The molecule has 0 unspecified atom stereocenters. The molecule has 0 amide bonds. The van der Waals surface area contributed by atoms with Crippen molar-refractivity contribution >= 4 is 53.0 Å². The smallest absolute Gasteiger partial charge is 0.340 e. The lowest BCUT2D eigenvalue weighted by molar-refractivity contribution is -0.188. The number of aromatic hydroxyl groups is 24. The second-order valence-corrected chi connectivity index (χ2v) is 20.8. The molecule has 0 aromatic heterocycles. The first kappa shape index (κ1) is 70.9. The standard InChI is InChI=1S/C62H44O38/c63-26-1-18(2-27(64)44(26)80)43(79)54(90)61(52(88)19-3-28(65)45(81)29(66)4-19,99-59(94)24-13-38(75)50(86)39(76)14-24)62(53(89)20-5-30(67)46(82)31(68)6-20,100-60(95)25-15-40(77)51(87)41(78)16-25)55(98-58(93)23-11-36(73)49(85)37(74)12-23)42(97-57(92)22-9-34(71)48(84)35(72)10-22)17-96-56(91)21-7-32(69)47(83)33(70)8-21/h1-16,42,55,63-78,80-87H,17H2/t42-,55-,61+,62+/m1/s1. The van der Waals surface area contributed by atoms with Gasteiger partial charge in [-0.25, -0.2) is 24.0 Å². The van der Waals surface area contributed by atoms with Crippen LogP contribution in [0.15, 0.2) is 97.1 Å². The number of carbonyl (C=O) groups excluding carboxylic acids is 9. The average molecular weight is 1400 g/mol. The van der Waals surface area contributed by atoms with Gasteiger partial charge in [-0.1, -0.05) is 0 Å². The molecule has 520 valence electrons. The fraction of sp³-hybridized carbons (Fsp3) is 0.0806. The van der Waals surface area contributed by atoms with Crippen molar-refractivity contribution in [2.24, 2.45) is 0 Å². The van der Waals surface area contributed by atoms with Crippen LogP contribution in [0.1, 0.15) is 82.9 Å². The molecule has 24 N–H and O–H groups in total. The van der Waals surface area contributed by atoms with Crippen molar-refractivity contribution in [3.63, 3.8) is 0 Å². The molecule has 100 heavy (non-hydrogen) atoms. The van der Waals surface area contributed by atoms with Crippen molar-refractivity contribution in [1.82, 2.24) is 0 Å². The van der Waals surface area contributed by atoms with Crippen molar-refractivity contribution < 1.29 is 189 Å². The van der Waals surface area contributed by atoms with Crippen molar-refractivity contribution in [3.05, 3.63) is 142 Å². The van der Waals surface area contributed by atoms with Crippen molar-refractivity contribution in [1.29, 1.82) is 0 Å². The molecule has 0 saturated heterocycles. The number of hydrogen-bond acceptors (Lipinski definition) is 38. The van der Waals surface area contributed by atoms with Crippen molar-refractivity contribution in [3.8, 4) is 138 Å². The van der Waals surface area contributed by atoms with E-state index in [1.807, 2.05) is 0 Å². The van der Waals surface area contributed by atoms with Gasteiger partial charge in [0.15, 0.2) is 150 Å². The van der Waals surface area contributed by atoms with Crippen LogP contribution in [0.2, 0.25) is 0 Å². The van der Waals surface area contributed by atoms with Crippen molar-refractivity contribution in [2.45, 2.75) is 23.4 Å². The number of hydrogen-bond donors (Lipinski definition) is 24. The molecule has 4 atom stereocenters. The second-order valence-electron chi connectivity index (χ2n) is 20.8. The van der Waals surface area contributed by atoms with Gasteiger partial charge in [-0.2, -0.15) is 0 Å².